The minimum Gasteiger partial charge on any atom is -0.507 e. The number of pyridine rings is 2. The van der Waals surface area contributed by atoms with E-state index < -0.39 is 29.4 Å². The predicted octanol–water partition coefficient (Wildman–Crippen LogP) is 4.10. The summed E-state index contributed by atoms with van der Waals surface area (Å²) in [5, 5.41) is 14.4. The van der Waals surface area contributed by atoms with Gasteiger partial charge >= 0.3 is 5.97 Å². The summed E-state index contributed by atoms with van der Waals surface area (Å²) in [6.45, 7) is 7.16. The minimum absolute atomic E-state index is 0.0621. The number of hydrogen-bond acceptors (Lipinski definition) is 14. The second kappa shape index (κ2) is 13.3. The Morgan fingerprint density at radius 2 is 1.94 bits per heavy atom. The number of phenols is 1. The Labute approximate surface area is 311 Å². The minimum atomic E-state index is -1.16. The van der Waals surface area contributed by atoms with Crippen molar-refractivity contribution in [2.45, 2.75) is 76.4 Å². The van der Waals surface area contributed by atoms with E-state index in [1.807, 2.05) is 57.6 Å². The number of aryl methyl sites for hydroxylation is 2. The number of ether oxygens (including phenoxy) is 3. The fourth-order valence-corrected chi connectivity index (χ4v) is 7.66. The largest absolute Gasteiger partial charge is 0.507 e. The Morgan fingerprint density at radius 3 is 2.74 bits per heavy atom. The molecule has 3 atom stereocenters. The molecule has 0 amide bonds. The maximum absolute atomic E-state index is 14.0. The SMILES string of the molecule is CNCC[C@@]1(C(=O)O[C@@H]2Cc3c(cc4oc(C)cc(=O)c4c3O)OC2(C)C)O[C@@H]1CCc1cc(N)nc(-c2cc(N)nc(CN3C=C4N=CC=C4C3)c2)c1. The lowest BCUT2D eigenvalue weighted by Gasteiger charge is -2.39. The molecule has 1 fully saturated rings. The molecule has 0 bridgehead atoms. The molecule has 4 aliphatic heterocycles. The number of hydrogen-bond donors (Lipinski definition) is 4. The number of nitrogens with zero attached hydrogens (tertiary/aromatic N) is 4. The van der Waals surface area contributed by atoms with Crippen molar-refractivity contribution in [1.29, 1.82) is 0 Å². The van der Waals surface area contributed by atoms with Gasteiger partial charge in [0.25, 0.3) is 0 Å². The summed E-state index contributed by atoms with van der Waals surface area (Å²) >= 11 is 0. The van der Waals surface area contributed by atoms with Crippen LogP contribution in [0.4, 0.5) is 11.6 Å². The van der Waals surface area contributed by atoms with Crippen LogP contribution in [-0.2, 0) is 33.7 Å². The highest BCUT2D eigenvalue weighted by atomic mass is 16.7. The highest BCUT2D eigenvalue weighted by Crippen LogP contribution is 2.47. The van der Waals surface area contributed by atoms with E-state index in [-0.39, 0.29) is 28.6 Å². The van der Waals surface area contributed by atoms with Gasteiger partial charge in [0, 0.05) is 60.6 Å². The number of carbonyl (C=O) groups is 1. The molecule has 14 nitrogen and oxygen atoms in total. The van der Waals surface area contributed by atoms with Gasteiger partial charge in [0.05, 0.1) is 29.7 Å². The third kappa shape index (κ3) is 6.56. The average Bonchev–Trinajstić information content (AvgIpc) is 3.42. The van der Waals surface area contributed by atoms with Crippen molar-refractivity contribution in [3.8, 4) is 22.8 Å². The maximum Gasteiger partial charge on any atom is 0.341 e. The van der Waals surface area contributed by atoms with Crippen LogP contribution in [0.2, 0.25) is 0 Å². The molecule has 1 aromatic carbocycles. The van der Waals surface area contributed by atoms with Gasteiger partial charge in [-0.2, -0.15) is 0 Å². The highest BCUT2D eigenvalue weighted by Gasteiger charge is 2.63. The van der Waals surface area contributed by atoms with Gasteiger partial charge in [0.15, 0.2) is 11.0 Å². The second-order valence-electron chi connectivity index (χ2n) is 14.9. The van der Waals surface area contributed by atoms with Crippen LogP contribution in [0.25, 0.3) is 22.2 Å². The first-order valence-corrected chi connectivity index (χ1v) is 18.1. The van der Waals surface area contributed by atoms with E-state index >= 15 is 0 Å². The molecular formula is C40H43N7O7. The molecule has 6 N–H and O–H groups in total. The summed E-state index contributed by atoms with van der Waals surface area (Å²) in [5.74, 6) is 0.803. The number of aromatic nitrogens is 2. The number of aliphatic imine (C=N–C) groups is 1. The van der Waals surface area contributed by atoms with Crippen molar-refractivity contribution in [1.82, 2.24) is 20.2 Å². The van der Waals surface area contributed by atoms with Gasteiger partial charge in [-0.05, 0) is 83.1 Å². The Hall–Kier alpha value is -5.73. The molecule has 7 heterocycles. The van der Waals surface area contributed by atoms with Crippen molar-refractivity contribution >= 4 is 34.8 Å². The summed E-state index contributed by atoms with van der Waals surface area (Å²) in [6.07, 6.45) is 6.31. The Bertz CT molecular complexity index is 2350. The zero-order valence-electron chi connectivity index (χ0n) is 30.6. The summed E-state index contributed by atoms with van der Waals surface area (Å²) in [6, 6.07) is 10.5. The number of phenolic OH excluding ortho intramolecular Hbond substituents is 1. The zero-order valence-corrected chi connectivity index (χ0v) is 30.6. The van der Waals surface area contributed by atoms with Crippen LogP contribution < -0.4 is 26.9 Å². The van der Waals surface area contributed by atoms with Crippen LogP contribution in [-0.4, -0.2) is 75.7 Å². The fourth-order valence-electron chi connectivity index (χ4n) is 7.66. The summed E-state index contributed by atoms with van der Waals surface area (Å²) < 4.78 is 24.4. The molecule has 14 heteroatoms. The van der Waals surface area contributed by atoms with E-state index in [1.54, 1.807) is 19.1 Å². The number of nitrogen functional groups attached to an aromatic ring is 2. The van der Waals surface area contributed by atoms with Crippen molar-refractivity contribution < 1.29 is 28.5 Å². The van der Waals surface area contributed by atoms with Crippen LogP contribution >= 0.6 is 0 Å². The van der Waals surface area contributed by atoms with Gasteiger partial charge < -0.3 is 45.4 Å². The van der Waals surface area contributed by atoms with Crippen LogP contribution in [0.3, 0.4) is 0 Å². The fraction of sp³-hybridized carbons (Fsp3) is 0.375. The first-order valence-electron chi connectivity index (χ1n) is 18.1. The van der Waals surface area contributed by atoms with Gasteiger partial charge in [-0.15, -0.1) is 0 Å². The topological polar surface area (TPSA) is 204 Å². The van der Waals surface area contributed by atoms with Crippen LogP contribution in [0.15, 0.2) is 74.1 Å². The first kappa shape index (κ1) is 35.3. The lowest BCUT2D eigenvalue weighted by atomic mass is 9.89. The average molecular weight is 734 g/mol. The highest BCUT2D eigenvalue weighted by molar-refractivity contribution is 5.87. The number of esters is 1. The molecule has 4 aliphatic rings. The number of fused-ring (bicyclic) bond motifs is 3. The lowest BCUT2D eigenvalue weighted by molar-refractivity contribution is -0.167. The number of nitrogens with one attached hydrogen (secondary N) is 1. The molecule has 280 valence electrons. The smallest absolute Gasteiger partial charge is 0.341 e. The molecule has 4 aromatic rings. The summed E-state index contributed by atoms with van der Waals surface area (Å²) in [7, 11) is 1.81. The zero-order chi connectivity index (χ0) is 37.9. The van der Waals surface area contributed by atoms with Crippen LogP contribution in [0.5, 0.6) is 11.5 Å². The normalized spacial score (nSPS) is 22.0. The van der Waals surface area contributed by atoms with E-state index in [4.69, 9.17) is 30.1 Å². The number of carbonyl (C=O) groups excluding carboxylic acids is 1. The van der Waals surface area contributed by atoms with Crippen LogP contribution in [0.1, 0.15) is 49.3 Å². The van der Waals surface area contributed by atoms with Gasteiger partial charge in [0.1, 0.15) is 51.6 Å². The first-order chi connectivity index (χ1) is 25.8. The van der Waals surface area contributed by atoms with Crippen molar-refractivity contribution in [3.63, 3.8) is 0 Å². The Morgan fingerprint density at radius 1 is 1.13 bits per heavy atom. The molecule has 1 saturated heterocycles. The Balaban J connectivity index is 0.970. The standard InChI is InChI=1S/C40H43N7O7/c1-21-11-29(48)36-31(51-21)17-30-26(37(36)49)16-33(39(2,3)53-30)52-38(50)40(8-10-43-4)32(54-40)6-5-22-12-27(46-34(41)13-22)24-14-25(45-35(42)15-24)19-47-18-23-7-9-44-28(23)20-47/h7,9,11-15,17,20,32-33,43,49H,5-6,8,10,16,18-19H2,1-4H3,(H2,41,46)(H2,42,45)/t32-,33-,40-/m1/s1. The van der Waals surface area contributed by atoms with E-state index in [9.17, 15) is 14.7 Å². The summed E-state index contributed by atoms with van der Waals surface area (Å²) in [5.41, 5.74) is 16.0. The molecule has 0 radical (unpaired) electrons. The maximum atomic E-state index is 14.0. The van der Waals surface area contributed by atoms with Crippen molar-refractivity contribution in [2.24, 2.45) is 4.99 Å². The molecule has 0 aliphatic carbocycles. The van der Waals surface area contributed by atoms with E-state index in [0.717, 1.165) is 29.1 Å². The number of rotatable bonds is 11. The quantitative estimate of drug-likeness (QED) is 0.127. The Kier molecular flexibility index (Phi) is 8.69. The van der Waals surface area contributed by atoms with Gasteiger partial charge in [-0.3, -0.25) is 9.79 Å². The third-order valence-corrected chi connectivity index (χ3v) is 10.5. The second-order valence-corrected chi connectivity index (χ2v) is 14.9. The molecule has 0 unspecified atom stereocenters. The number of nitrogens with two attached hydrogens (primary N) is 2. The molecular weight excluding hydrogens is 690 g/mol. The number of anilines is 2. The van der Waals surface area contributed by atoms with Gasteiger partial charge in [-0.25, -0.2) is 14.8 Å². The summed E-state index contributed by atoms with van der Waals surface area (Å²) in [4.78, 5) is 42.5. The van der Waals surface area contributed by atoms with Crippen LogP contribution in [0, 0.1) is 6.92 Å². The number of epoxide rings is 1. The predicted molar refractivity (Wildman–Crippen MR) is 203 cm³/mol. The third-order valence-electron chi connectivity index (χ3n) is 10.5. The van der Waals surface area contributed by atoms with Gasteiger partial charge in [-0.1, -0.05) is 0 Å². The molecule has 0 saturated carbocycles. The molecule has 0 spiro atoms. The number of allylic oxidation sites excluding steroid dienone is 1. The molecule has 8 rings (SSSR count). The van der Waals surface area contributed by atoms with E-state index in [1.165, 1.54) is 11.6 Å². The van der Waals surface area contributed by atoms with E-state index in [2.05, 4.69) is 25.2 Å². The van der Waals surface area contributed by atoms with Crippen molar-refractivity contribution in [2.75, 3.05) is 31.6 Å². The molecule has 54 heavy (non-hydrogen) atoms. The van der Waals surface area contributed by atoms with Gasteiger partial charge in [0.2, 0.25) is 0 Å². The number of benzene rings is 1. The molecule has 3 aromatic heterocycles. The monoisotopic (exact) mass is 733 g/mol. The van der Waals surface area contributed by atoms with Crippen molar-refractivity contribution in [3.05, 3.63) is 92.7 Å². The lowest BCUT2D eigenvalue weighted by Crippen LogP contribution is -2.50. The number of aromatic hydroxyl groups is 1. The van der Waals surface area contributed by atoms with E-state index in [0.29, 0.717) is 66.8 Å².